The van der Waals surface area contributed by atoms with Crippen molar-refractivity contribution in [2.45, 2.75) is 26.2 Å². The second-order valence-corrected chi connectivity index (χ2v) is 8.70. The Hall–Kier alpha value is -2.76. The first-order valence-corrected chi connectivity index (χ1v) is 11.1. The summed E-state index contributed by atoms with van der Waals surface area (Å²) in [7, 11) is 0. The largest absolute Gasteiger partial charge is 0.478 e. The predicted octanol–water partition coefficient (Wildman–Crippen LogP) is 4.06. The molecular formula is C22H22F2IN3O4. The Balaban J connectivity index is 1.77. The molecule has 0 aliphatic carbocycles. The van der Waals surface area contributed by atoms with Crippen LogP contribution in [0.15, 0.2) is 24.3 Å². The molecule has 0 unspecified atom stereocenters. The number of hydrogen-bond donors (Lipinski definition) is 3. The number of nitrogens with zero attached hydrogens (tertiary/aromatic N) is 1. The Morgan fingerprint density at radius 2 is 1.94 bits per heavy atom. The quantitative estimate of drug-likeness (QED) is 0.336. The van der Waals surface area contributed by atoms with E-state index in [0.29, 0.717) is 37.2 Å². The lowest BCUT2D eigenvalue weighted by atomic mass is 10.0. The number of hydrogen-bond acceptors (Lipinski definition) is 4. The van der Waals surface area contributed by atoms with Gasteiger partial charge in [0.05, 0.1) is 16.8 Å². The van der Waals surface area contributed by atoms with Crippen LogP contribution in [0.4, 0.5) is 20.2 Å². The normalized spacial score (nSPS) is 13.4. The Bertz CT molecular complexity index is 1080. The zero-order valence-corrected chi connectivity index (χ0v) is 19.5. The molecule has 0 spiro atoms. The lowest BCUT2D eigenvalue weighted by Crippen LogP contribution is -2.31. The van der Waals surface area contributed by atoms with E-state index in [0.717, 1.165) is 16.1 Å². The van der Waals surface area contributed by atoms with E-state index in [9.17, 15) is 28.3 Å². The molecule has 1 aliphatic rings. The zero-order chi connectivity index (χ0) is 23.4. The van der Waals surface area contributed by atoms with Crippen molar-refractivity contribution in [2.24, 2.45) is 0 Å². The van der Waals surface area contributed by atoms with Crippen molar-refractivity contribution in [1.29, 1.82) is 0 Å². The van der Waals surface area contributed by atoms with Crippen LogP contribution in [0.5, 0.6) is 0 Å². The van der Waals surface area contributed by atoms with Gasteiger partial charge in [0.2, 0.25) is 5.91 Å². The number of likely N-dealkylation sites (tertiary alicyclic amines) is 1. The molecule has 0 saturated carbocycles. The van der Waals surface area contributed by atoms with E-state index in [1.165, 1.54) is 0 Å². The van der Waals surface area contributed by atoms with Crippen LogP contribution in [0.25, 0.3) is 0 Å². The number of carboxylic acid groups (broad SMARTS) is 1. The SMILES string of the molecule is Cc1cc(I)ccc1Nc1c(C(=O)O)cc(C(=O)NCCCN2CCCC2=O)c(F)c1F. The molecule has 1 saturated heterocycles. The molecule has 32 heavy (non-hydrogen) atoms. The van der Waals surface area contributed by atoms with Crippen molar-refractivity contribution in [1.82, 2.24) is 10.2 Å². The first-order chi connectivity index (χ1) is 15.2. The molecule has 170 valence electrons. The highest BCUT2D eigenvalue weighted by atomic mass is 127. The number of amides is 2. The minimum atomic E-state index is -1.50. The first-order valence-electron chi connectivity index (χ1n) is 10.0. The van der Waals surface area contributed by atoms with E-state index in [2.05, 4.69) is 33.2 Å². The topological polar surface area (TPSA) is 98.7 Å². The summed E-state index contributed by atoms with van der Waals surface area (Å²) in [5.74, 6) is -5.25. The summed E-state index contributed by atoms with van der Waals surface area (Å²) in [6.07, 6.45) is 1.76. The van der Waals surface area contributed by atoms with Crippen molar-refractivity contribution in [3.63, 3.8) is 0 Å². The Morgan fingerprint density at radius 3 is 2.56 bits per heavy atom. The van der Waals surface area contributed by atoms with Gasteiger partial charge in [-0.1, -0.05) is 0 Å². The number of carbonyl (C=O) groups excluding carboxylic acids is 2. The number of carboxylic acids is 1. The van der Waals surface area contributed by atoms with Gasteiger partial charge in [0.25, 0.3) is 5.91 Å². The number of benzene rings is 2. The molecule has 0 bridgehead atoms. The van der Waals surface area contributed by atoms with Crippen molar-refractivity contribution < 1.29 is 28.3 Å². The second-order valence-electron chi connectivity index (χ2n) is 7.46. The fraction of sp³-hybridized carbons (Fsp3) is 0.318. The number of halogens is 3. The van der Waals surface area contributed by atoms with Gasteiger partial charge in [-0.05, 0) is 72.2 Å². The molecule has 1 fully saturated rings. The average Bonchev–Trinajstić information content (AvgIpc) is 3.15. The van der Waals surface area contributed by atoms with E-state index in [-0.39, 0.29) is 12.5 Å². The van der Waals surface area contributed by atoms with Gasteiger partial charge in [-0.15, -0.1) is 0 Å². The molecule has 7 nitrogen and oxygen atoms in total. The summed E-state index contributed by atoms with van der Waals surface area (Å²) in [4.78, 5) is 37.4. The van der Waals surface area contributed by atoms with Gasteiger partial charge in [-0.2, -0.15) is 0 Å². The van der Waals surface area contributed by atoms with Gasteiger partial charge in [0.1, 0.15) is 0 Å². The monoisotopic (exact) mass is 557 g/mol. The van der Waals surface area contributed by atoms with Crippen molar-refractivity contribution in [2.75, 3.05) is 25.0 Å². The van der Waals surface area contributed by atoms with Gasteiger partial charge in [-0.25, -0.2) is 13.6 Å². The number of nitrogens with one attached hydrogen (secondary N) is 2. The fourth-order valence-corrected chi connectivity index (χ4v) is 4.14. The first kappa shape index (κ1) is 23.9. The average molecular weight is 557 g/mol. The van der Waals surface area contributed by atoms with Gasteiger partial charge < -0.3 is 20.6 Å². The van der Waals surface area contributed by atoms with Crippen LogP contribution < -0.4 is 10.6 Å². The number of carbonyl (C=O) groups is 3. The lowest BCUT2D eigenvalue weighted by molar-refractivity contribution is -0.127. The van der Waals surface area contributed by atoms with Crippen LogP contribution in [-0.2, 0) is 4.79 Å². The third-order valence-electron chi connectivity index (χ3n) is 5.19. The lowest BCUT2D eigenvalue weighted by Gasteiger charge is -2.17. The third kappa shape index (κ3) is 5.34. The molecule has 10 heteroatoms. The highest BCUT2D eigenvalue weighted by Crippen LogP contribution is 2.30. The van der Waals surface area contributed by atoms with Crippen LogP contribution >= 0.6 is 22.6 Å². The maximum atomic E-state index is 14.8. The highest BCUT2D eigenvalue weighted by molar-refractivity contribution is 14.1. The molecule has 2 amide bonds. The van der Waals surface area contributed by atoms with E-state index in [4.69, 9.17) is 0 Å². The maximum absolute atomic E-state index is 14.8. The summed E-state index contributed by atoms with van der Waals surface area (Å²) >= 11 is 2.10. The molecule has 1 aliphatic heterocycles. The number of anilines is 2. The Kier molecular flexibility index (Phi) is 7.64. The molecule has 3 rings (SSSR count). The number of aryl methyl sites for hydroxylation is 1. The van der Waals surface area contributed by atoms with E-state index < -0.39 is 40.3 Å². The van der Waals surface area contributed by atoms with Crippen LogP contribution in [0.1, 0.15) is 45.5 Å². The van der Waals surface area contributed by atoms with Gasteiger partial charge in [0.15, 0.2) is 11.6 Å². The molecule has 2 aromatic rings. The second kappa shape index (κ2) is 10.2. The summed E-state index contributed by atoms with van der Waals surface area (Å²) in [5, 5.41) is 14.6. The van der Waals surface area contributed by atoms with Crippen molar-refractivity contribution in [3.05, 3.63) is 56.2 Å². The molecule has 1 heterocycles. The molecule has 0 aromatic heterocycles. The smallest absolute Gasteiger partial charge is 0.337 e. The number of rotatable bonds is 8. The van der Waals surface area contributed by atoms with E-state index >= 15 is 0 Å². The van der Waals surface area contributed by atoms with Crippen LogP contribution in [0, 0.1) is 22.1 Å². The third-order valence-corrected chi connectivity index (χ3v) is 5.86. The standard InChI is InChI=1S/C22H22F2IN3O4/c1-12-10-13(25)5-6-16(12)27-20-15(22(31)32)11-14(18(23)19(20)24)21(30)26-7-3-9-28-8-2-4-17(28)29/h5-6,10-11,27H,2-4,7-9H2,1H3,(H,26,30)(H,31,32). The maximum Gasteiger partial charge on any atom is 0.337 e. The zero-order valence-electron chi connectivity index (χ0n) is 17.3. The Labute approximate surface area is 197 Å². The number of aromatic carboxylic acids is 1. The van der Waals surface area contributed by atoms with Gasteiger partial charge >= 0.3 is 5.97 Å². The minimum Gasteiger partial charge on any atom is -0.478 e. The van der Waals surface area contributed by atoms with Crippen LogP contribution in [0.2, 0.25) is 0 Å². The van der Waals surface area contributed by atoms with E-state index in [1.54, 1.807) is 30.0 Å². The molecule has 0 atom stereocenters. The van der Waals surface area contributed by atoms with E-state index in [1.807, 2.05) is 0 Å². The molecule has 3 N–H and O–H groups in total. The molecular weight excluding hydrogens is 535 g/mol. The molecule has 2 aromatic carbocycles. The highest BCUT2D eigenvalue weighted by Gasteiger charge is 2.26. The minimum absolute atomic E-state index is 0.0574. The van der Waals surface area contributed by atoms with Gasteiger partial charge in [-0.3, -0.25) is 9.59 Å². The summed E-state index contributed by atoms with van der Waals surface area (Å²) in [6, 6.07) is 5.99. The summed E-state index contributed by atoms with van der Waals surface area (Å²) in [6.45, 7) is 3.00. The van der Waals surface area contributed by atoms with Crippen molar-refractivity contribution >= 4 is 51.7 Å². The Morgan fingerprint density at radius 1 is 1.19 bits per heavy atom. The van der Waals surface area contributed by atoms with Crippen LogP contribution in [-0.4, -0.2) is 47.4 Å². The fourth-order valence-electron chi connectivity index (χ4n) is 3.49. The predicted molar refractivity (Wildman–Crippen MR) is 123 cm³/mol. The van der Waals surface area contributed by atoms with Gasteiger partial charge in [0, 0.05) is 35.3 Å². The summed E-state index contributed by atoms with van der Waals surface area (Å²) in [5.41, 5.74) is -0.675. The summed E-state index contributed by atoms with van der Waals surface area (Å²) < 4.78 is 30.5. The van der Waals surface area contributed by atoms with Crippen molar-refractivity contribution in [3.8, 4) is 0 Å². The van der Waals surface area contributed by atoms with Crippen LogP contribution in [0.3, 0.4) is 0 Å². The molecule has 0 radical (unpaired) electrons.